The second-order valence-corrected chi connectivity index (χ2v) is 22.1. The predicted molar refractivity (Wildman–Crippen MR) is 282 cm³/mol. The molecule has 0 atom stereocenters. The van der Waals surface area contributed by atoms with Gasteiger partial charge < -0.3 is 9.64 Å². The van der Waals surface area contributed by atoms with Crippen molar-refractivity contribution in [3.63, 3.8) is 0 Å². The van der Waals surface area contributed by atoms with Gasteiger partial charge >= 0.3 is 0 Å². The monoisotopic (exact) mass is 875 g/mol. The van der Waals surface area contributed by atoms with E-state index in [9.17, 15) is 0 Å². The van der Waals surface area contributed by atoms with E-state index in [2.05, 4.69) is 236 Å². The molecule has 0 bridgehead atoms. The molecule has 0 spiro atoms. The molecule has 1 heterocycles. The summed E-state index contributed by atoms with van der Waals surface area (Å²) in [7, 11) is 0. The summed E-state index contributed by atoms with van der Waals surface area (Å²) in [6.45, 7) is 19.1. The maximum absolute atomic E-state index is 7.34. The minimum absolute atomic E-state index is 0.101. The van der Waals surface area contributed by atoms with Crippen LogP contribution in [0.5, 0.6) is 11.5 Å². The lowest BCUT2D eigenvalue weighted by Gasteiger charge is -2.37. The smallest absolute Gasteiger partial charge is 0.152 e. The highest BCUT2D eigenvalue weighted by Crippen LogP contribution is 2.65. The number of benzene rings is 9. The van der Waals surface area contributed by atoms with E-state index in [1.54, 1.807) is 0 Å². The zero-order valence-corrected chi connectivity index (χ0v) is 40.1. The van der Waals surface area contributed by atoms with Crippen LogP contribution in [0.4, 0.5) is 17.1 Å². The Kier molecular flexibility index (Phi) is 7.69. The van der Waals surface area contributed by atoms with Gasteiger partial charge in [-0.15, -0.1) is 0 Å². The molecule has 9 aromatic rings. The van der Waals surface area contributed by atoms with Crippen LogP contribution in [0.2, 0.25) is 0 Å². The average Bonchev–Trinajstić information content (AvgIpc) is 3.92. The van der Waals surface area contributed by atoms with E-state index in [1.165, 1.54) is 106 Å². The van der Waals surface area contributed by atoms with Crippen LogP contribution in [-0.2, 0) is 21.7 Å². The van der Waals surface area contributed by atoms with Crippen molar-refractivity contribution in [2.75, 3.05) is 4.90 Å². The number of rotatable bonds is 3. The molecule has 9 aromatic carbocycles. The predicted octanol–water partition coefficient (Wildman–Crippen LogP) is 17.8. The molecule has 2 heteroatoms. The summed E-state index contributed by atoms with van der Waals surface area (Å²) in [6, 6.07) is 66.5. The van der Waals surface area contributed by atoms with Gasteiger partial charge in [0.1, 0.15) is 0 Å². The summed E-state index contributed by atoms with van der Waals surface area (Å²) >= 11 is 0. The molecule has 328 valence electrons. The molecule has 0 radical (unpaired) electrons. The number of hydrogen-bond acceptors (Lipinski definition) is 2. The zero-order chi connectivity index (χ0) is 46.2. The Hall–Kier alpha value is -7.42. The van der Waals surface area contributed by atoms with Crippen molar-refractivity contribution in [3.8, 4) is 78.3 Å². The minimum atomic E-state index is -0.200. The molecule has 0 amide bonds. The Morgan fingerprint density at radius 2 is 0.618 bits per heavy atom. The lowest BCUT2D eigenvalue weighted by Crippen LogP contribution is -2.21. The normalized spacial score (nSPS) is 16.8. The van der Waals surface area contributed by atoms with E-state index in [-0.39, 0.29) is 21.7 Å². The molecular formula is C66H53NO. The second-order valence-electron chi connectivity index (χ2n) is 22.1. The van der Waals surface area contributed by atoms with E-state index in [0.29, 0.717) is 0 Å². The summed E-state index contributed by atoms with van der Waals surface area (Å²) in [5.41, 5.74) is 28.9. The molecule has 2 nitrogen and oxygen atoms in total. The molecule has 68 heavy (non-hydrogen) atoms. The number of hydrogen-bond donors (Lipinski definition) is 0. The molecule has 4 aliphatic carbocycles. The number of fused-ring (bicyclic) bond motifs is 14. The van der Waals surface area contributed by atoms with Gasteiger partial charge in [0.15, 0.2) is 11.5 Å². The van der Waals surface area contributed by atoms with Gasteiger partial charge in [0.05, 0.1) is 17.1 Å². The molecule has 0 saturated carbocycles. The minimum Gasteiger partial charge on any atom is -0.453 e. The molecular weight excluding hydrogens is 823 g/mol. The average molecular weight is 876 g/mol. The lowest BCUT2D eigenvalue weighted by molar-refractivity contribution is 0.477. The molecule has 5 aliphatic rings. The molecule has 1 aliphatic heterocycles. The van der Waals surface area contributed by atoms with E-state index in [4.69, 9.17) is 4.74 Å². The summed E-state index contributed by atoms with van der Waals surface area (Å²) in [4.78, 5) is 2.57. The van der Waals surface area contributed by atoms with Gasteiger partial charge in [-0.2, -0.15) is 0 Å². The van der Waals surface area contributed by atoms with Crippen molar-refractivity contribution in [3.05, 3.63) is 220 Å². The fraction of sp³-hybridized carbons (Fsp3) is 0.182. The number of nitrogens with zero attached hydrogens (tertiary/aromatic N) is 1. The Morgan fingerprint density at radius 1 is 0.294 bits per heavy atom. The summed E-state index contributed by atoms with van der Waals surface area (Å²) in [6.07, 6.45) is 0. The highest BCUT2D eigenvalue weighted by molar-refractivity contribution is 6.07. The first-order valence-electron chi connectivity index (χ1n) is 24.4. The van der Waals surface area contributed by atoms with Crippen molar-refractivity contribution in [1.82, 2.24) is 0 Å². The highest BCUT2D eigenvalue weighted by atomic mass is 16.5. The van der Waals surface area contributed by atoms with Crippen LogP contribution in [0.1, 0.15) is 99.9 Å². The van der Waals surface area contributed by atoms with Crippen molar-refractivity contribution in [2.45, 2.75) is 77.0 Å². The van der Waals surface area contributed by atoms with Crippen molar-refractivity contribution >= 4 is 17.1 Å². The van der Waals surface area contributed by atoms with Gasteiger partial charge in [-0.1, -0.05) is 195 Å². The summed E-state index contributed by atoms with van der Waals surface area (Å²) in [5.74, 6) is 1.70. The molecule has 0 fully saturated rings. The van der Waals surface area contributed by atoms with Crippen LogP contribution in [0.15, 0.2) is 176 Å². The van der Waals surface area contributed by atoms with E-state index < -0.39 is 0 Å². The van der Waals surface area contributed by atoms with Gasteiger partial charge in [0.25, 0.3) is 0 Å². The molecule has 14 rings (SSSR count). The van der Waals surface area contributed by atoms with E-state index >= 15 is 0 Å². The maximum Gasteiger partial charge on any atom is 0.152 e. The third-order valence-electron chi connectivity index (χ3n) is 17.1. The first kappa shape index (κ1) is 39.7. The van der Waals surface area contributed by atoms with E-state index in [0.717, 1.165) is 34.0 Å². The Morgan fingerprint density at radius 3 is 1.04 bits per heavy atom. The fourth-order valence-electron chi connectivity index (χ4n) is 13.4. The standard InChI is InChI=1S/C66H53NO/c1-63(2)48-21-13-9-17-42(48)44-29-25-38(33-52(44)63)40-27-31-56-58(35-40)68-59-36-41(39-26-30-45-43-18-10-14-22-49(43)64(3,4)53(45)34-39)28-32-57(59)67(56)62-60-46-19-11-15-23-50(46)65(5,6)54(60)37-55-61(62)47-20-12-16-24-51(47)66(55,7)8/h9-37H,1-8H3. The maximum atomic E-state index is 7.34. The van der Waals surface area contributed by atoms with Crippen molar-refractivity contribution in [2.24, 2.45) is 0 Å². The SMILES string of the molecule is CC1(C)c2ccccc2-c2ccc(-c3ccc4c(c3)Oc3cc(-c5ccc6c(c5)C(C)(C)c5ccccc5-6)ccc3N4c3c4c(cc5c3-c3ccccc3C5(C)C)C(C)(C)c3ccccc3-4)cc21. The molecule has 0 aromatic heterocycles. The Bertz CT molecular complexity index is 3490. The van der Waals surface area contributed by atoms with E-state index in [1.807, 2.05) is 0 Å². The summed E-state index contributed by atoms with van der Waals surface area (Å²) in [5, 5.41) is 0. The number of ether oxygens (including phenoxy) is 1. The van der Waals surface area contributed by atoms with Crippen LogP contribution in [0.25, 0.3) is 66.8 Å². The van der Waals surface area contributed by atoms with Crippen molar-refractivity contribution < 1.29 is 4.74 Å². The lowest BCUT2D eigenvalue weighted by atomic mass is 9.77. The molecule has 0 saturated heterocycles. The molecule has 0 unspecified atom stereocenters. The number of anilines is 3. The topological polar surface area (TPSA) is 12.5 Å². The second kappa shape index (κ2) is 13.2. The Balaban J connectivity index is 1.01. The van der Waals surface area contributed by atoms with Crippen LogP contribution in [-0.4, -0.2) is 0 Å². The molecule has 0 N–H and O–H groups in total. The fourth-order valence-corrected chi connectivity index (χ4v) is 13.4. The third-order valence-corrected chi connectivity index (χ3v) is 17.1. The highest BCUT2D eigenvalue weighted by Gasteiger charge is 2.47. The largest absolute Gasteiger partial charge is 0.453 e. The van der Waals surface area contributed by atoms with Gasteiger partial charge in [-0.25, -0.2) is 0 Å². The quantitative estimate of drug-likeness (QED) is 0.175. The Labute approximate surface area is 400 Å². The van der Waals surface area contributed by atoms with Gasteiger partial charge in [0.2, 0.25) is 0 Å². The van der Waals surface area contributed by atoms with Gasteiger partial charge in [0, 0.05) is 32.8 Å². The van der Waals surface area contributed by atoms with Crippen LogP contribution >= 0.6 is 0 Å². The van der Waals surface area contributed by atoms with Crippen LogP contribution in [0, 0.1) is 0 Å². The van der Waals surface area contributed by atoms with Crippen molar-refractivity contribution in [1.29, 1.82) is 0 Å². The first-order valence-corrected chi connectivity index (χ1v) is 24.4. The third kappa shape index (κ3) is 5.03. The van der Waals surface area contributed by atoms with Gasteiger partial charge in [-0.05, 0) is 137 Å². The summed E-state index contributed by atoms with van der Waals surface area (Å²) < 4.78 is 7.34. The van der Waals surface area contributed by atoms with Crippen LogP contribution < -0.4 is 9.64 Å². The van der Waals surface area contributed by atoms with Crippen LogP contribution in [0.3, 0.4) is 0 Å². The zero-order valence-electron chi connectivity index (χ0n) is 40.1. The van der Waals surface area contributed by atoms with Gasteiger partial charge in [-0.3, -0.25) is 0 Å². The first-order chi connectivity index (χ1) is 32.7.